The first kappa shape index (κ1) is 22.5. The number of piperazine rings is 1. The number of aryl methyl sites for hydroxylation is 1. The lowest BCUT2D eigenvalue weighted by molar-refractivity contribution is -0.136. The van der Waals surface area contributed by atoms with Crippen molar-refractivity contribution < 1.29 is 13.2 Å². The zero-order valence-electron chi connectivity index (χ0n) is 18.7. The summed E-state index contributed by atoms with van der Waals surface area (Å²) in [6.45, 7) is 5.84. The van der Waals surface area contributed by atoms with Gasteiger partial charge in [-0.1, -0.05) is 29.8 Å². The molecule has 2 saturated heterocycles. The standard InChI is InChI=1S/C24H28N4O3S2/c1-18-8-10-19(11-9-18)33(30,31)28-12-4-6-21(28)24(29)27-15-13-26(14-16-27)17-23-25-20-5-2-3-7-22(20)32-23/h2-3,5,7-11,21H,4,6,12-17H2,1H3/t21-/m1/s1. The van der Waals surface area contributed by atoms with Gasteiger partial charge in [-0.2, -0.15) is 4.31 Å². The Hall–Kier alpha value is -2.33. The van der Waals surface area contributed by atoms with Crippen molar-refractivity contribution in [3.05, 3.63) is 59.1 Å². The number of sulfonamides is 1. The summed E-state index contributed by atoms with van der Waals surface area (Å²) < 4.78 is 29.0. The zero-order chi connectivity index (χ0) is 23.0. The second-order valence-corrected chi connectivity index (χ2v) is 11.8. The van der Waals surface area contributed by atoms with Crippen LogP contribution in [0.4, 0.5) is 0 Å². The Labute approximate surface area is 198 Å². The van der Waals surface area contributed by atoms with Crippen molar-refractivity contribution in [1.29, 1.82) is 0 Å². The lowest BCUT2D eigenvalue weighted by Crippen LogP contribution is -2.54. The molecule has 9 heteroatoms. The van der Waals surface area contributed by atoms with E-state index >= 15 is 0 Å². The van der Waals surface area contributed by atoms with Gasteiger partial charge in [0.15, 0.2) is 0 Å². The smallest absolute Gasteiger partial charge is 0.243 e. The largest absolute Gasteiger partial charge is 0.339 e. The molecule has 0 aliphatic carbocycles. The van der Waals surface area contributed by atoms with Crippen LogP contribution in [0.5, 0.6) is 0 Å². The summed E-state index contributed by atoms with van der Waals surface area (Å²) in [5, 5.41) is 1.09. The zero-order valence-corrected chi connectivity index (χ0v) is 20.3. The number of thiazole rings is 1. The van der Waals surface area contributed by atoms with Gasteiger partial charge in [-0.25, -0.2) is 13.4 Å². The quantitative estimate of drug-likeness (QED) is 0.556. The number of hydrogen-bond acceptors (Lipinski definition) is 6. The van der Waals surface area contributed by atoms with Crippen molar-refractivity contribution in [1.82, 2.24) is 19.1 Å². The van der Waals surface area contributed by atoms with E-state index in [1.807, 2.05) is 30.0 Å². The first-order chi connectivity index (χ1) is 15.9. The first-order valence-electron chi connectivity index (χ1n) is 11.4. The van der Waals surface area contributed by atoms with E-state index in [1.165, 1.54) is 9.01 Å². The highest BCUT2D eigenvalue weighted by Crippen LogP contribution is 2.28. The Morgan fingerprint density at radius 1 is 1.03 bits per heavy atom. The van der Waals surface area contributed by atoms with E-state index in [9.17, 15) is 13.2 Å². The van der Waals surface area contributed by atoms with Crippen molar-refractivity contribution >= 4 is 37.5 Å². The van der Waals surface area contributed by atoms with Crippen LogP contribution in [-0.2, 0) is 21.4 Å². The molecule has 2 aliphatic rings. The third-order valence-corrected chi connectivity index (χ3v) is 9.44. The molecule has 0 saturated carbocycles. The van der Waals surface area contributed by atoms with E-state index < -0.39 is 16.1 Å². The van der Waals surface area contributed by atoms with Crippen LogP contribution >= 0.6 is 11.3 Å². The summed E-state index contributed by atoms with van der Waals surface area (Å²) in [5.74, 6) is -0.0668. The van der Waals surface area contributed by atoms with Crippen LogP contribution in [0, 0.1) is 6.92 Å². The van der Waals surface area contributed by atoms with Crippen LogP contribution < -0.4 is 0 Å². The number of carbonyl (C=O) groups is 1. The number of nitrogens with zero attached hydrogens (tertiary/aromatic N) is 4. The summed E-state index contributed by atoms with van der Waals surface area (Å²) >= 11 is 1.71. The number of benzene rings is 2. The van der Waals surface area contributed by atoms with Gasteiger partial charge in [0.2, 0.25) is 15.9 Å². The number of amides is 1. The molecule has 0 spiro atoms. The molecule has 2 aliphatic heterocycles. The predicted octanol–water partition coefficient (Wildman–Crippen LogP) is 3.10. The third kappa shape index (κ3) is 4.55. The van der Waals surface area contributed by atoms with Crippen LogP contribution in [0.2, 0.25) is 0 Å². The fourth-order valence-corrected chi connectivity index (χ4v) is 7.30. The predicted molar refractivity (Wildman–Crippen MR) is 130 cm³/mol. The molecular weight excluding hydrogens is 456 g/mol. The van der Waals surface area contributed by atoms with Crippen molar-refractivity contribution in [2.24, 2.45) is 0 Å². The summed E-state index contributed by atoms with van der Waals surface area (Å²) in [4.78, 5) is 22.4. The third-order valence-electron chi connectivity index (χ3n) is 6.50. The molecule has 7 nitrogen and oxygen atoms in total. The topological polar surface area (TPSA) is 73.8 Å². The monoisotopic (exact) mass is 484 g/mol. The minimum absolute atomic E-state index is 0.0668. The van der Waals surface area contributed by atoms with E-state index in [4.69, 9.17) is 4.98 Å². The molecule has 1 atom stereocenters. The minimum atomic E-state index is -3.68. The molecule has 1 aromatic heterocycles. The fourth-order valence-electron chi connectivity index (χ4n) is 4.64. The Kier molecular flexibility index (Phi) is 6.22. The van der Waals surface area contributed by atoms with Crippen molar-refractivity contribution in [3.63, 3.8) is 0 Å². The SMILES string of the molecule is Cc1ccc(S(=O)(=O)N2CCC[C@@H]2C(=O)N2CCN(Cc3nc4ccccc4s3)CC2)cc1. The van der Waals surface area contributed by atoms with E-state index in [0.29, 0.717) is 32.5 Å². The highest BCUT2D eigenvalue weighted by molar-refractivity contribution is 7.89. The maximum absolute atomic E-state index is 13.3. The molecule has 0 radical (unpaired) electrons. The number of para-hydroxylation sites is 1. The molecule has 1 amide bonds. The lowest BCUT2D eigenvalue weighted by Gasteiger charge is -2.36. The van der Waals surface area contributed by atoms with Crippen LogP contribution in [0.1, 0.15) is 23.4 Å². The molecule has 5 rings (SSSR count). The van der Waals surface area contributed by atoms with Gasteiger partial charge >= 0.3 is 0 Å². The molecule has 2 aromatic carbocycles. The number of fused-ring (bicyclic) bond motifs is 1. The summed E-state index contributed by atoms with van der Waals surface area (Å²) in [5.41, 5.74) is 2.04. The summed E-state index contributed by atoms with van der Waals surface area (Å²) in [6.07, 6.45) is 1.29. The van der Waals surface area contributed by atoms with Gasteiger partial charge in [0.1, 0.15) is 11.0 Å². The van der Waals surface area contributed by atoms with E-state index in [-0.39, 0.29) is 10.8 Å². The van der Waals surface area contributed by atoms with Crippen LogP contribution in [0.25, 0.3) is 10.2 Å². The van der Waals surface area contributed by atoms with Gasteiger partial charge < -0.3 is 4.90 Å². The molecule has 3 heterocycles. The van der Waals surface area contributed by atoms with Gasteiger partial charge in [0.05, 0.1) is 21.7 Å². The van der Waals surface area contributed by atoms with Gasteiger partial charge in [-0.05, 0) is 44.0 Å². The molecule has 0 bridgehead atoms. The molecule has 33 heavy (non-hydrogen) atoms. The number of aromatic nitrogens is 1. The molecule has 0 unspecified atom stereocenters. The second-order valence-electron chi connectivity index (χ2n) is 8.76. The lowest BCUT2D eigenvalue weighted by atomic mass is 10.2. The Morgan fingerprint density at radius 3 is 2.48 bits per heavy atom. The molecular formula is C24H28N4O3S2. The fraction of sp³-hybridized carbons (Fsp3) is 0.417. The van der Waals surface area contributed by atoms with Gasteiger partial charge in [-0.3, -0.25) is 9.69 Å². The Bertz CT molecular complexity index is 1220. The number of hydrogen-bond donors (Lipinski definition) is 0. The van der Waals surface area contributed by atoms with Gasteiger partial charge in [0, 0.05) is 32.7 Å². The maximum Gasteiger partial charge on any atom is 0.243 e. The van der Waals surface area contributed by atoms with Crippen LogP contribution in [-0.4, -0.2) is 72.2 Å². The molecule has 174 valence electrons. The second kappa shape index (κ2) is 9.13. The van der Waals surface area contributed by atoms with Crippen molar-refractivity contribution in [3.8, 4) is 0 Å². The van der Waals surface area contributed by atoms with E-state index in [2.05, 4.69) is 11.0 Å². The molecule has 2 fully saturated rings. The first-order valence-corrected chi connectivity index (χ1v) is 13.6. The average Bonchev–Trinajstić information content (AvgIpc) is 3.47. The highest BCUT2D eigenvalue weighted by atomic mass is 32.2. The van der Waals surface area contributed by atoms with Crippen LogP contribution in [0.3, 0.4) is 0 Å². The highest BCUT2D eigenvalue weighted by Gasteiger charge is 2.41. The summed E-state index contributed by atoms with van der Waals surface area (Å²) in [7, 11) is -3.68. The normalized spacial score (nSPS) is 20.5. The average molecular weight is 485 g/mol. The van der Waals surface area contributed by atoms with Crippen LogP contribution in [0.15, 0.2) is 53.4 Å². The molecule has 0 N–H and O–H groups in total. The Balaban J connectivity index is 1.22. The summed E-state index contributed by atoms with van der Waals surface area (Å²) in [6, 6.07) is 14.4. The number of rotatable bonds is 5. The van der Waals surface area contributed by atoms with Crippen molar-refractivity contribution in [2.75, 3.05) is 32.7 Å². The van der Waals surface area contributed by atoms with Gasteiger partial charge in [0.25, 0.3) is 0 Å². The maximum atomic E-state index is 13.3. The Morgan fingerprint density at radius 2 is 1.76 bits per heavy atom. The van der Waals surface area contributed by atoms with Crippen molar-refractivity contribution in [2.45, 2.75) is 37.2 Å². The molecule has 3 aromatic rings. The van der Waals surface area contributed by atoms with E-state index in [1.54, 1.807) is 35.6 Å². The van der Waals surface area contributed by atoms with Gasteiger partial charge in [-0.15, -0.1) is 11.3 Å². The van der Waals surface area contributed by atoms with E-state index in [0.717, 1.165) is 35.7 Å². The number of carbonyl (C=O) groups excluding carboxylic acids is 1. The minimum Gasteiger partial charge on any atom is -0.339 e.